The number of para-hydroxylation sites is 1. The molecule has 1 saturated carbocycles. The van der Waals surface area contributed by atoms with E-state index in [1.807, 2.05) is 6.07 Å². The van der Waals surface area contributed by atoms with Gasteiger partial charge in [-0.15, -0.1) is 0 Å². The fourth-order valence-corrected chi connectivity index (χ4v) is 2.02. The minimum absolute atomic E-state index is 0.141. The fraction of sp³-hybridized carbons (Fsp3) is 0.429. The minimum Gasteiger partial charge on any atom is -0.504 e. The normalized spacial score (nSPS) is 13.7. The molecular formula is C14H16N2O3. The van der Waals surface area contributed by atoms with E-state index in [1.165, 1.54) is 7.11 Å². The van der Waals surface area contributed by atoms with Crippen molar-refractivity contribution < 1.29 is 14.6 Å². The van der Waals surface area contributed by atoms with Gasteiger partial charge in [-0.1, -0.05) is 6.07 Å². The van der Waals surface area contributed by atoms with Crippen LogP contribution in [0.1, 0.15) is 29.6 Å². The van der Waals surface area contributed by atoms with Crippen LogP contribution in [0.3, 0.4) is 0 Å². The van der Waals surface area contributed by atoms with Crippen LogP contribution >= 0.6 is 0 Å². The second-order valence-electron chi connectivity index (χ2n) is 4.49. The Balaban J connectivity index is 2.24. The molecule has 2 rings (SSSR count). The van der Waals surface area contributed by atoms with E-state index in [4.69, 9.17) is 10.00 Å². The van der Waals surface area contributed by atoms with Gasteiger partial charge < -0.3 is 14.7 Å². The number of aromatic hydroxyl groups is 1. The first kappa shape index (κ1) is 13.2. The van der Waals surface area contributed by atoms with Crippen LogP contribution < -0.4 is 4.74 Å². The molecule has 0 unspecified atom stereocenters. The maximum atomic E-state index is 12.4. The van der Waals surface area contributed by atoms with Gasteiger partial charge in [0.2, 0.25) is 0 Å². The van der Waals surface area contributed by atoms with E-state index in [1.54, 1.807) is 23.1 Å². The first-order valence-corrected chi connectivity index (χ1v) is 6.23. The van der Waals surface area contributed by atoms with Crippen LogP contribution in [0, 0.1) is 11.3 Å². The average molecular weight is 260 g/mol. The number of ether oxygens (including phenoxy) is 1. The molecule has 0 radical (unpaired) electrons. The maximum absolute atomic E-state index is 12.4. The predicted octanol–water partition coefficient (Wildman–Crippen LogP) is 1.92. The summed E-state index contributed by atoms with van der Waals surface area (Å²) in [5, 5.41) is 18.6. The third kappa shape index (κ3) is 2.79. The molecule has 100 valence electrons. The van der Waals surface area contributed by atoms with Crippen molar-refractivity contribution in [3.8, 4) is 17.6 Å². The number of phenols is 1. The highest BCUT2D eigenvalue weighted by Gasteiger charge is 2.33. The number of phenolic OH excluding ortho intramolecular Hbond substituents is 1. The molecular weight excluding hydrogens is 244 g/mol. The van der Waals surface area contributed by atoms with Crippen molar-refractivity contribution in [3.63, 3.8) is 0 Å². The van der Waals surface area contributed by atoms with Gasteiger partial charge in [-0.3, -0.25) is 4.79 Å². The molecule has 19 heavy (non-hydrogen) atoms. The van der Waals surface area contributed by atoms with Crippen molar-refractivity contribution >= 4 is 5.91 Å². The number of methoxy groups -OCH3 is 1. The highest BCUT2D eigenvalue weighted by atomic mass is 16.5. The van der Waals surface area contributed by atoms with Gasteiger partial charge in [0, 0.05) is 12.6 Å². The summed E-state index contributed by atoms with van der Waals surface area (Å²) >= 11 is 0. The molecule has 0 bridgehead atoms. The third-order valence-electron chi connectivity index (χ3n) is 3.16. The Morgan fingerprint density at radius 2 is 2.32 bits per heavy atom. The van der Waals surface area contributed by atoms with E-state index < -0.39 is 0 Å². The quantitative estimate of drug-likeness (QED) is 0.877. The Morgan fingerprint density at radius 3 is 2.89 bits per heavy atom. The van der Waals surface area contributed by atoms with Crippen LogP contribution in [0.5, 0.6) is 11.5 Å². The lowest BCUT2D eigenvalue weighted by atomic mass is 10.1. The van der Waals surface area contributed by atoms with Crippen molar-refractivity contribution in [1.82, 2.24) is 4.90 Å². The topological polar surface area (TPSA) is 73.6 Å². The first-order valence-electron chi connectivity index (χ1n) is 6.23. The molecule has 1 aliphatic carbocycles. The van der Waals surface area contributed by atoms with Crippen molar-refractivity contribution in [2.75, 3.05) is 13.7 Å². The summed E-state index contributed by atoms with van der Waals surface area (Å²) in [5.74, 6) is -0.103. The summed E-state index contributed by atoms with van der Waals surface area (Å²) in [5.41, 5.74) is 0.226. The predicted molar refractivity (Wildman–Crippen MR) is 68.9 cm³/mol. The zero-order chi connectivity index (χ0) is 13.8. The molecule has 0 heterocycles. The second kappa shape index (κ2) is 5.61. The molecule has 0 saturated heterocycles. The van der Waals surface area contributed by atoms with Crippen LogP contribution in [0.2, 0.25) is 0 Å². The van der Waals surface area contributed by atoms with Gasteiger partial charge in [-0.2, -0.15) is 5.26 Å². The lowest BCUT2D eigenvalue weighted by Gasteiger charge is -2.22. The van der Waals surface area contributed by atoms with Gasteiger partial charge in [0.1, 0.15) is 0 Å². The van der Waals surface area contributed by atoms with E-state index in [-0.39, 0.29) is 29.0 Å². The van der Waals surface area contributed by atoms with Gasteiger partial charge in [-0.25, -0.2) is 0 Å². The van der Waals surface area contributed by atoms with Crippen molar-refractivity contribution in [2.24, 2.45) is 0 Å². The van der Waals surface area contributed by atoms with E-state index in [0.29, 0.717) is 13.0 Å². The standard InChI is InChI=1S/C14H16N2O3/c1-19-12-5-2-4-11(13(12)17)14(18)16(9-3-8-15)10-6-7-10/h2,4-5,10,17H,3,6-7,9H2,1H3. The van der Waals surface area contributed by atoms with E-state index >= 15 is 0 Å². The zero-order valence-electron chi connectivity index (χ0n) is 10.8. The van der Waals surface area contributed by atoms with Crippen LogP contribution in [-0.4, -0.2) is 35.6 Å². The molecule has 0 aromatic heterocycles. The van der Waals surface area contributed by atoms with Crippen molar-refractivity contribution in [2.45, 2.75) is 25.3 Å². The molecule has 5 heteroatoms. The van der Waals surface area contributed by atoms with E-state index in [0.717, 1.165) is 12.8 Å². The largest absolute Gasteiger partial charge is 0.504 e. The van der Waals surface area contributed by atoms with Crippen LogP contribution in [0.4, 0.5) is 0 Å². The number of hydrogen-bond acceptors (Lipinski definition) is 4. The molecule has 1 aromatic carbocycles. The molecule has 0 aliphatic heterocycles. The molecule has 1 aliphatic rings. The number of carbonyl (C=O) groups excluding carboxylic acids is 1. The average Bonchev–Trinajstić information content (AvgIpc) is 3.24. The number of amides is 1. The lowest BCUT2D eigenvalue weighted by Crippen LogP contribution is -2.34. The van der Waals surface area contributed by atoms with E-state index in [9.17, 15) is 9.90 Å². The van der Waals surface area contributed by atoms with Gasteiger partial charge in [0.15, 0.2) is 11.5 Å². The van der Waals surface area contributed by atoms with Crippen molar-refractivity contribution in [3.05, 3.63) is 23.8 Å². The smallest absolute Gasteiger partial charge is 0.258 e. The van der Waals surface area contributed by atoms with Gasteiger partial charge >= 0.3 is 0 Å². The summed E-state index contributed by atoms with van der Waals surface area (Å²) < 4.78 is 5.00. The number of rotatable bonds is 5. The number of benzene rings is 1. The third-order valence-corrected chi connectivity index (χ3v) is 3.16. The zero-order valence-corrected chi connectivity index (χ0v) is 10.8. The second-order valence-corrected chi connectivity index (χ2v) is 4.49. The summed E-state index contributed by atoms with van der Waals surface area (Å²) in [6.45, 7) is 0.399. The molecule has 1 aromatic rings. The molecule has 0 atom stereocenters. The highest BCUT2D eigenvalue weighted by molar-refractivity contribution is 5.98. The SMILES string of the molecule is COc1cccc(C(=O)N(CCC#N)C2CC2)c1O. The molecule has 1 amide bonds. The Labute approximate surface area is 112 Å². The fourth-order valence-electron chi connectivity index (χ4n) is 2.02. The number of carbonyl (C=O) groups is 1. The Morgan fingerprint density at radius 1 is 1.58 bits per heavy atom. The molecule has 1 fully saturated rings. The molecule has 0 spiro atoms. The summed E-state index contributed by atoms with van der Waals surface area (Å²) in [7, 11) is 1.44. The van der Waals surface area contributed by atoms with Crippen LogP contribution in [0.15, 0.2) is 18.2 Å². The van der Waals surface area contributed by atoms with Crippen molar-refractivity contribution in [1.29, 1.82) is 5.26 Å². The summed E-state index contributed by atoms with van der Waals surface area (Å²) in [6.07, 6.45) is 2.22. The highest BCUT2D eigenvalue weighted by Crippen LogP contribution is 2.33. The van der Waals surface area contributed by atoms with Gasteiger partial charge in [0.05, 0.1) is 25.2 Å². The monoisotopic (exact) mass is 260 g/mol. The Hall–Kier alpha value is -2.22. The molecule has 5 nitrogen and oxygen atoms in total. The molecule has 1 N–H and O–H groups in total. The van der Waals surface area contributed by atoms with Crippen LogP contribution in [-0.2, 0) is 0 Å². The lowest BCUT2D eigenvalue weighted by molar-refractivity contribution is 0.0743. The number of nitriles is 1. The minimum atomic E-state index is -0.242. The maximum Gasteiger partial charge on any atom is 0.258 e. The van der Waals surface area contributed by atoms with Gasteiger partial charge in [0.25, 0.3) is 5.91 Å². The first-order chi connectivity index (χ1) is 9.19. The van der Waals surface area contributed by atoms with E-state index in [2.05, 4.69) is 0 Å². The summed E-state index contributed by atoms with van der Waals surface area (Å²) in [4.78, 5) is 14.1. The summed E-state index contributed by atoms with van der Waals surface area (Å²) in [6, 6.07) is 7.08. The van der Waals surface area contributed by atoms with Crippen LogP contribution in [0.25, 0.3) is 0 Å². The van der Waals surface area contributed by atoms with Gasteiger partial charge in [-0.05, 0) is 25.0 Å². The number of nitrogens with zero attached hydrogens (tertiary/aromatic N) is 2. The Kier molecular flexibility index (Phi) is 3.91. The Bertz CT molecular complexity index is 518. The number of hydrogen-bond donors (Lipinski definition) is 1.